The number of aromatic nitrogens is 3. The van der Waals surface area contributed by atoms with E-state index in [1.54, 1.807) is 53.6 Å². The summed E-state index contributed by atoms with van der Waals surface area (Å²) in [6.07, 6.45) is 3.39. The Morgan fingerprint density at radius 1 is 1.11 bits per heavy atom. The van der Waals surface area contributed by atoms with Crippen LogP contribution in [-0.2, 0) is 14.8 Å². The van der Waals surface area contributed by atoms with Gasteiger partial charge in [-0.05, 0) is 45.4 Å². The Kier molecular flexibility index (Phi) is 6.79. The van der Waals surface area contributed by atoms with E-state index in [2.05, 4.69) is 15.3 Å². The number of hydrogen-bond acceptors (Lipinski definition) is 7. The van der Waals surface area contributed by atoms with Gasteiger partial charge in [-0.15, -0.1) is 0 Å². The van der Waals surface area contributed by atoms with Crippen molar-refractivity contribution in [2.75, 3.05) is 18.4 Å². The molecule has 1 fully saturated rings. The van der Waals surface area contributed by atoms with E-state index < -0.39 is 15.6 Å². The van der Waals surface area contributed by atoms with Crippen LogP contribution < -0.4 is 5.32 Å². The topological polar surface area (TPSA) is 106 Å². The van der Waals surface area contributed by atoms with Crippen molar-refractivity contribution >= 4 is 44.6 Å². The lowest BCUT2D eigenvalue weighted by molar-refractivity contribution is 0.0293. The van der Waals surface area contributed by atoms with Crippen LogP contribution in [0.15, 0.2) is 71.9 Å². The Morgan fingerprint density at radius 2 is 1.82 bits per heavy atom. The fourth-order valence-corrected chi connectivity index (χ4v) is 6.01. The van der Waals surface area contributed by atoms with E-state index >= 15 is 0 Å². The molecular weight excluding hydrogens is 526 g/mol. The van der Waals surface area contributed by atoms with Crippen LogP contribution in [0.2, 0.25) is 5.02 Å². The van der Waals surface area contributed by atoms with Gasteiger partial charge in [0, 0.05) is 36.3 Å². The van der Waals surface area contributed by atoms with Gasteiger partial charge in [-0.25, -0.2) is 27.2 Å². The summed E-state index contributed by atoms with van der Waals surface area (Å²) in [5.41, 5.74) is 0.922. The summed E-state index contributed by atoms with van der Waals surface area (Å²) in [5, 5.41) is 4.26. The number of para-hydroxylation sites is 1. The number of carbonyl (C=O) groups excluding carboxylic acids is 1. The molecule has 9 nitrogen and oxygen atoms in total. The predicted octanol–water partition coefficient (Wildman–Crippen LogP) is 5.41. The molecule has 1 saturated heterocycles. The van der Waals surface area contributed by atoms with E-state index in [9.17, 15) is 13.2 Å². The van der Waals surface area contributed by atoms with Gasteiger partial charge >= 0.3 is 6.09 Å². The van der Waals surface area contributed by atoms with E-state index in [1.807, 2.05) is 32.9 Å². The molecule has 1 aliphatic rings. The van der Waals surface area contributed by atoms with E-state index in [0.717, 1.165) is 0 Å². The molecule has 1 N–H and O–H groups in total. The van der Waals surface area contributed by atoms with Crippen molar-refractivity contribution in [2.45, 2.75) is 43.7 Å². The highest BCUT2D eigenvalue weighted by Gasteiger charge is 2.30. The van der Waals surface area contributed by atoms with Crippen LogP contribution in [0, 0.1) is 0 Å². The zero-order chi connectivity index (χ0) is 27.1. The Labute approximate surface area is 226 Å². The Balaban J connectivity index is 1.46. The lowest BCUT2D eigenvalue weighted by Crippen LogP contribution is -2.36. The molecule has 3 heterocycles. The number of ether oxygens (including phenoxy) is 1. The highest BCUT2D eigenvalue weighted by Crippen LogP contribution is 2.35. The number of rotatable bonds is 5. The van der Waals surface area contributed by atoms with Gasteiger partial charge in [-0.2, -0.15) is 0 Å². The van der Waals surface area contributed by atoms with E-state index in [4.69, 9.17) is 16.3 Å². The predicted molar refractivity (Wildman–Crippen MR) is 147 cm³/mol. The van der Waals surface area contributed by atoms with Crippen LogP contribution in [0.4, 0.5) is 10.7 Å². The number of carbonyl (C=O) groups is 1. The van der Waals surface area contributed by atoms with Crippen molar-refractivity contribution in [1.29, 1.82) is 0 Å². The zero-order valence-electron chi connectivity index (χ0n) is 21.3. The summed E-state index contributed by atoms with van der Waals surface area (Å²) in [6, 6.07) is 15.4. The molecule has 0 radical (unpaired) electrons. The molecule has 38 heavy (non-hydrogen) atoms. The largest absolute Gasteiger partial charge is 0.444 e. The molecule has 0 spiro atoms. The molecule has 0 bridgehead atoms. The monoisotopic (exact) mass is 553 g/mol. The highest BCUT2D eigenvalue weighted by molar-refractivity contribution is 7.90. The number of benzene rings is 2. The third-order valence-corrected chi connectivity index (χ3v) is 8.11. The number of nitrogens with zero attached hydrogens (tertiary/aromatic N) is 4. The maximum absolute atomic E-state index is 13.5. The van der Waals surface area contributed by atoms with Crippen molar-refractivity contribution in [2.24, 2.45) is 0 Å². The molecule has 11 heteroatoms. The summed E-state index contributed by atoms with van der Waals surface area (Å²) in [6.45, 7) is 6.51. The summed E-state index contributed by atoms with van der Waals surface area (Å²) >= 11 is 6.53. The van der Waals surface area contributed by atoms with Crippen LogP contribution in [0.25, 0.3) is 22.2 Å². The second-order valence-electron chi connectivity index (χ2n) is 10.1. The first-order valence-electron chi connectivity index (χ1n) is 12.2. The third-order valence-electron chi connectivity index (χ3n) is 6.15. The van der Waals surface area contributed by atoms with Crippen molar-refractivity contribution in [3.05, 3.63) is 72.0 Å². The van der Waals surface area contributed by atoms with Crippen molar-refractivity contribution < 1.29 is 17.9 Å². The van der Waals surface area contributed by atoms with Gasteiger partial charge in [-0.3, -0.25) is 0 Å². The molecule has 2 aromatic heterocycles. The average molecular weight is 554 g/mol. The minimum Gasteiger partial charge on any atom is -0.444 e. The fraction of sp³-hybridized carbons (Fsp3) is 0.296. The molecule has 1 aliphatic heterocycles. The molecule has 2 aromatic carbocycles. The van der Waals surface area contributed by atoms with Crippen LogP contribution in [0.3, 0.4) is 0 Å². The molecule has 0 saturated carbocycles. The Morgan fingerprint density at radius 3 is 2.55 bits per heavy atom. The van der Waals surface area contributed by atoms with Crippen LogP contribution in [0.5, 0.6) is 0 Å². The molecule has 0 aliphatic carbocycles. The normalized spacial score (nSPS) is 16.1. The number of anilines is 1. The van der Waals surface area contributed by atoms with Gasteiger partial charge in [0.25, 0.3) is 10.0 Å². The van der Waals surface area contributed by atoms with Gasteiger partial charge < -0.3 is 15.0 Å². The number of halogens is 1. The molecular formula is C27H28ClN5O4S. The fourth-order valence-electron chi connectivity index (χ4n) is 4.42. The summed E-state index contributed by atoms with van der Waals surface area (Å²) in [7, 11) is -3.86. The molecule has 198 valence electrons. The van der Waals surface area contributed by atoms with E-state index in [-0.39, 0.29) is 22.1 Å². The summed E-state index contributed by atoms with van der Waals surface area (Å²) < 4.78 is 33.7. The van der Waals surface area contributed by atoms with E-state index in [0.29, 0.717) is 47.6 Å². The van der Waals surface area contributed by atoms with Crippen LogP contribution in [-0.4, -0.2) is 58.1 Å². The van der Waals surface area contributed by atoms with Crippen LogP contribution >= 0.6 is 11.6 Å². The second-order valence-corrected chi connectivity index (χ2v) is 12.3. The first kappa shape index (κ1) is 26.0. The van der Waals surface area contributed by atoms with E-state index in [1.165, 1.54) is 10.2 Å². The minimum atomic E-state index is -3.86. The molecule has 1 atom stereocenters. The van der Waals surface area contributed by atoms with Crippen molar-refractivity contribution in [1.82, 2.24) is 18.8 Å². The molecule has 4 aromatic rings. The Bertz CT molecular complexity index is 1600. The SMILES string of the molecule is CC(C)(C)OC(=O)N1CCC(Nc2ncc(Cl)c(-c3cn(S(=O)(=O)c4ccccc4)c4ccccc34)n2)C1. The third kappa shape index (κ3) is 5.19. The minimum absolute atomic E-state index is 0.0728. The lowest BCUT2D eigenvalue weighted by atomic mass is 10.1. The first-order valence-corrected chi connectivity index (χ1v) is 14.0. The molecule has 5 rings (SSSR count). The first-order chi connectivity index (χ1) is 18.0. The maximum atomic E-state index is 13.5. The van der Waals surface area contributed by atoms with Gasteiger partial charge in [0.2, 0.25) is 5.95 Å². The lowest BCUT2D eigenvalue weighted by Gasteiger charge is -2.24. The summed E-state index contributed by atoms with van der Waals surface area (Å²) in [4.78, 5) is 23.2. The van der Waals surface area contributed by atoms with Gasteiger partial charge in [-0.1, -0.05) is 48.0 Å². The molecule has 1 amide bonds. The standard InChI is InChI=1S/C27H28ClN5O4S/c1-27(2,3)37-26(34)32-14-13-18(16-32)30-25-29-15-22(28)24(31-25)21-17-33(23-12-8-7-11-20(21)23)38(35,36)19-9-5-4-6-10-19/h4-12,15,17-18H,13-14,16H2,1-3H3,(H,29,30,31). The quantitative estimate of drug-likeness (QED) is 0.352. The number of amides is 1. The highest BCUT2D eigenvalue weighted by atomic mass is 35.5. The average Bonchev–Trinajstić information content (AvgIpc) is 3.50. The number of fused-ring (bicyclic) bond motifs is 1. The van der Waals surface area contributed by atoms with Crippen molar-refractivity contribution in [3.63, 3.8) is 0 Å². The summed E-state index contributed by atoms with van der Waals surface area (Å²) in [5.74, 6) is 0.336. The van der Waals surface area contributed by atoms with Gasteiger partial charge in [0.1, 0.15) is 5.60 Å². The second kappa shape index (κ2) is 9.92. The Hall–Kier alpha value is -3.63. The maximum Gasteiger partial charge on any atom is 0.410 e. The number of hydrogen-bond donors (Lipinski definition) is 1. The number of nitrogens with one attached hydrogen (secondary N) is 1. The smallest absolute Gasteiger partial charge is 0.410 e. The van der Waals surface area contributed by atoms with Crippen molar-refractivity contribution in [3.8, 4) is 11.3 Å². The van der Waals surface area contributed by atoms with Crippen LogP contribution in [0.1, 0.15) is 27.2 Å². The van der Waals surface area contributed by atoms with Gasteiger partial charge in [0.05, 0.1) is 27.3 Å². The number of likely N-dealkylation sites (tertiary alicyclic amines) is 1. The zero-order valence-corrected chi connectivity index (χ0v) is 22.8. The molecule has 1 unspecified atom stereocenters. The van der Waals surface area contributed by atoms with Gasteiger partial charge in [0.15, 0.2) is 0 Å².